The highest BCUT2D eigenvalue weighted by atomic mass is 32.2. The SMILES string of the molecule is CN(C)c1ccc(CSC2CCNC2)cc1. The Bertz CT molecular complexity index is 315. The van der Waals surface area contributed by atoms with E-state index in [2.05, 4.69) is 60.3 Å². The molecule has 1 aromatic rings. The first-order chi connectivity index (χ1) is 7.75. The van der Waals surface area contributed by atoms with Gasteiger partial charge in [0.1, 0.15) is 0 Å². The van der Waals surface area contributed by atoms with Gasteiger partial charge in [0.05, 0.1) is 0 Å². The summed E-state index contributed by atoms with van der Waals surface area (Å²) in [5.41, 5.74) is 2.71. The molecule has 0 spiro atoms. The van der Waals surface area contributed by atoms with Crippen molar-refractivity contribution in [3.63, 3.8) is 0 Å². The van der Waals surface area contributed by atoms with Crippen LogP contribution in [-0.4, -0.2) is 32.4 Å². The maximum absolute atomic E-state index is 3.41. The van der Waals surface area contributed by atoms with Crippen LogP contribution >= 0.6 is 11.8 Å². The maximum atomic E-state index is 3.41. The Kier molecular flexibility index (Phi) is 4.13. The van der Waals surface area contributed by atoms with Crippen molar-refractivity contribution in [3.8, 4) is 0 Å². The number of thioether (sulfide) groups is 1. The molecule has 0 radical (unpaired) electrons. The Morgan fingerprint density at radius 2 is 2.06 bits per heavy atom. The van der Waals surface area contributed by atoms with Crippen LogP contribution < -0.4 is 10.2 Å². The van der Waals surface area contributed by atoms with Crippen LogP contribution in [0.15, 0.2) is 24.3 Å². The second-order valence-electron chi connectivity index (χ2n) is 4.49. The van der Waals surface area contributed by atoms with Gasteiger partial charge in [-0.2, -0.15) is 11.8 Å². The molecule has 1 fully saturated rings. The van der Waals surface area contributed by atoms with E-state index in [1.165, 1.54) is 30.8 Å². The van der Waals surface area contributed by atoms with Crippen LogP contribution in [0.25, 0.3) is 0 Å². The third-order valence-corrected chi connectivity index (χ3v) is 4.33. The molecule has 0 aromatic heterocycles. The number of rotatable bonds is 4. The van der Waals surface area contributed by atoms with Crippen molar-refractivity contribution < 1.29 is 0 Å². The summed E-state index contributed by atoms with van der Waals surface area (Å²) in [6, 6.07) is 8.88. The number of benzene rings is 1. The molecule has 0 aliphatic carbocycles. The van der Waals surface area contributed by atoms with E-state index in [9.17, 15) is 0 Å². The summed E-state index contributed by atoms with van der Waals surface area (Å²) in [6.07, 6.45) is 1.32. The molecule has 1 aliphatic heterocycles. The lowest BCUT2D eigenvalue weighted by Gasteiger charge is -2.13. The quantitative estimate of drug-likeness (QED) is 0.864. The Labute approximate surface area is 102 Å². The molecular formula is C13H20N2S. The van der Waals surface area contributed by atoms with Gasteiger partial charge >= 0.3 is 0 Å². The van der Waals surface area contributed by atoms with Gasteiger partial charge in [0.2, 0.25) is 0 Å². The van der Waals surface area contributed by atoms with Crippen LogP contribution in [0.1, 0.15) is 12.0 Å². The molecule has 1 N–H and O–H groups in total. The normalized spacial score (nSPS) is 20.0. The second-order valence-corrected chi connectivity index (χ2v) is 5.78. The number of nitrogens with one attached hydrogen (secondary N) is 1. The van der Waals surface area contributed by atoms with E-state index in [4.69, 9.17) is 0 Å². The minimum absolute atomic E-state index is 0.813. The average molecular weight is 236 g/mol. The minimum atomic E-state index is 0.813. The first kappa shape index (κ1) is 11.8. The summed E-state index contributed by atoms with van der Waals surface area (Å²) in [4.78, 5) is 2.14. The van der Waals surface area contributed by atoms with Crippen LogP contribution in [0.4, 0.5) is 5.69 Å². The number of nitrogens with zero attached hydrogens (tertiary/aromatic N) is 1. The van der Waals surface area contributed by atoms with Crippen LogP contribution in [0, 0.1) is 0 Å². The Morgan fingerprint density at radius 1 is 1.31 bits per heavy atom. The summed E-state index contributed by atoms with van der Waals surface area (Å²) in [6.45, 7) is 2.37. The molecule has 1 aliphatic rings. The van der Waals surface area contributed by atoms with Crippen molar-refractivity contribution in [2.45, 2.75) is 17.4 Å². The lowest BCUT2D eigenvalue weighted by Crippen LogP contribution is -2.10. The van der Waals surface area contributed by atoms with Gasteiger partial charge in [-0.25, -0.2) is 0 Å². The first-order valence-electron chi connectivity index (χ1n) is 5.84. The predicted octanol–water partition coefficient (Wildman–Crippen LogP) is 2.35. The lowest BCUT2D eigenvalue weighted by atomic mass is 10.2. The zero-order valence-electron chi connectivity index (χ0n) is 10.1. The summed E-state index contributed by atoms with van der Waals surface area (Å²) in [5, 5.41) is 4.22. The maximum Gasteiger partial charge on any atom is 0.0361 e. The van der Waals surface area contributed by atoms with E-state index in [0.29, 0.717) is 0 Å². The fourth-order valence-electron chi connectivity index (χ4n) is 1.87. The number of anilines is 1. The molecule has 1 heterocycles. The van der Waals surface area contributed by atoms with E-state index in [-0.39, 0.29) is 0 Å². The molecular weight excluding hydrogens is 216 g/mol. The zero-order chi connectivity index (χ0) is 11.4. The Balaban J connectivity index is 1.84. The fourth-order valence-corrected chi connectivity index (χ4v) is 3.02. The first-order valence-corrected chi connectivity index (χ1v) is 6.89. The van der Waals surface area contributed by atoms with Gasteiger partial charge in [-0.05, 0) is 30.7 Å². The number of hydrogen-bond acceptors (Lipinski definition) is 3. The molecule has 0 amide bonds. The van der Waals surface area contributed by atoms with Crippen molar-refractivity contribution >= 4 is 17.4 Å². The van der Waals surface area contributed by atoms with Gasteiger partial charge in [-0.15, -0.1) is 0 Å². The highest BCUT2D eigenvalue weighted by Gasteiger charge is 2.14. The topological polar surface area (TPSA) is 15.3 Å². The predicted molar refractivity (Wildman–Crippen MR) is 73.3 cm³/mol. The van der Waals surface area contributed by atoms with Gasteiger partial charge in [-0.3, -0.25) is 0 Å². The van der Waals surface area contributed by atoms with Gasteiger partial charge < -0.3 is 10.2 Å². The smallest absolute Gasteiger partial charge is 0.0361 e. The van der Waals surface area contributed by atoms with Gasteiger partial charge in [0.15, 0.2) is 0 Å². The van der Waals surface area contributed by atoms with E-state index in [1.54, 1.807) is 0 Å². The molecule has 16 heavy (non-hydrogen) atoms. The molecule has 1 aromatic carbocycles. The highest BCUT2D eigenvalue weighted by Crippen LogP contribution is 2.23. The minimum Gasteiger partial charge on any atom is -0.378 e. The molecule has 2 nitrogen and oxygen atoms in total. The van der Waals surface area contributed by atoms with Crippen molar-refractivity contribution in [2.24, 2.45) is 0 Å². The van der Waals surface area contributed by atoms with Crippen LogP contribution in [-0.2, 0) is 5.75 Å². The third-order valence-electron chi connectivity index (χ3n) is 2.95. The summed E-state index contributed by atoms with van der Waals surface area (Å²) in [5.74, 6) is 1.14. The van der Waals surface area contributed by atoms with Crippen molar-refractivity contribution in [1.82, 2.24) is 5.32 Å². The van der Waals surface area contributed by atoms with E-state index in [0.717, 1.165) is 11.0 Å². The van der Waals surface area contributed by atoms with E-state index < -0.39 is 0 Å². The van der Waals surface area contributed by atoms with Gasteiger partial charge in [-0.1, -0.05) is 12.1 Å². The van der Waals surface area contributed by atoms with Gasteiger partial charge in [0, 0.05) is 37.3 Å². The van der Waals surface area contributed by atoms with Crippen molar-refractivity contribution in [2.75, 3.05) is 32.1 Å². The molecule has 1 saturated heterocycles. The van der Waals surface area contributed by atoms with Crippen LogP contribution in [0.3, 0.4) is 0 Å². The second kappa shape index (κ2) is 5.60. The largest absolute Gasteiger partial charge is 0.378 e. The lowest BCUT2D eigenvalue weighted by molar-refractivity contribution is 0.858. The molecule has 0 bridgehead atoms. The zero-order valence-corrected chi connectivity index (χ0v) is 10.9. The standard InChI is InChI=1S/C13H20N2S/c1-15(2)12-5-3-11(4-6-12)10-16-13-7-8-14-9-13/h3-6,13-14H,7-10H2,1-2H3. The highest BCUT2D eigenvalue weighted by molar-refractivity contribution is 7.99. The summed E-state index contributed by atoms with van der Waals surface area (Å²) in [7, 11) is 4.15. The number of hydrogen-bond donors (Lipinski definition) is 1. The molecule has 1 atom stereocenters. The molecule has 3 heteroatoms. The summed E-state index contributed by atoms with van der Waals surface area (Å²) >= 11 is 2.08. The fraction of sp³-hybridized carbons (Fsp3) is 0.538. The average Bonchev–Trinajstić information content (AvgIpc) is 2.80. The third kappa shape index (κ3) is 3.16. The van der Waals surface area contributed by atoms with Crippen LogP contribution in [0.2, 0.25) is 0 Å². The molecule has 2 rings (SSSR count). The molecule has 0 saturated carbocycles. The van der Waals surface area contributed by atoms with Crippen molar-refractivity contribution in [3.05, 3.63) is 29.8 Å². The van der Waals surface area contributed by atoms with Crippen LogP contribution in [0.5, 0.6) is 0 Å². The van der Waals surface area contributed by atoms with Crippen molar-refractivity contribution in [1.29, 1.82) is 0 Å². The van der Waals surface area contributed by atoms with E-state index in [1.807, 2.05) is 0 Å². The van der Waals surface area contributed by atoms with E-state index >= 15 is 0 Å². The molecule has 1 unspecified atom stereocenters. The Hall–Kier alpha value is -0.670. The van der Waals surface area contributed by atoms with Gasteiger partial charge in [0.25, 0.3) is 0 Å². The molecule has 88 valence electrons. The summed E-state index contributed by atoms with van der Waals surface area (Å²) < 4.78 is 0. The monoisotopic (exact) mass is 236 g/mol. The Morgan fingerprint density at radius 3 is 2.62 bits per heavy atom.